The molecule has 0 saturated heterocycles. The average Bonchev–Trinajstić information content (AvgIpc) is 2.33. The van der Waals surface area contributed by atoms with Gasteiger partial charge >= 0.3 is 0 Å². The van der Waals surface area contributed by atoms with Crippen LogP contribution in [0.4, 0.5) is 0 Å². The molecular weight excluding hydrogens is 224 g/mol. The Bertz CT molecular complexity index is 576. The Morgan fingerprint density at radius 1 is 1.17 bits per heavy atom. The van der Waals surface area contributed by atoms with Crippen LogP contribution in [-0.4, -0.2) is 18.2 Å². The minimum absolute atomic E-state index is 0.808. The molecule has 0 atom stereocenters. The number of hydrogen-bond donors (Lipinski definition) is 0. The first-order valence-electron chi connectivity index (χ1n) is 5.82. The van der Waals surface area contributed by atoms with E-state index in [1.54, 1.807) is 13.2 Å². The Morgan fingerprint density at radius 2 is 2.00 bits per heavy atom. The van der Waals surface area contributed by atoms with Crippen molar-refractivity contribution in [3.05, 3.63) is 53.3 Å². The highest BCUT2D eigenvalue weighted by atomic mass is 16.5. The van der Waals surface area contributed by atoms with Crippen molar-refractivity contribution in [2.24, 2.45) is 4.99 Å². The molecule has 1 heterocycles. The topological polar surface area (TPSA) is 34.5 Å². The van der Waals surface area contributed by atoms with Gasteiger partial charge in [-0.05, 0) is 49.2 Å². The van der Waals surface area contributed by atoms with Gasteiger partial charge in [0.25, 0.3) is 0 Å². The second-order valence-electron chi connectivity index (χ2n) is 4.15. The van der Waals surface area contributed by atoms with Gasteiger partial charge in [-0.2, -0.15) is 0 Å². The first-order valence-corrected chi connectivity index (χ1v) is 5.82. The maximum Gasteiger partial charge on any atom is 0.130 e. The van der Waals surface area contributed by atoms with E-state index in [9.17, 15) is 0 Å². The smallest absolute Gasteiger partial charge is 0.130 e. The molecule has 18 heavy (non-hydrogen) atoms. The summed E-state index contributed by atoms with van der Waals surface area (Å²) in [6, 6.07) is 9.77. The normalized spacial score (nSPS) is 10.8. The summed E-state index contributed by atoms with van der Waals surface area (Å²) in [7, 11) is 1.76. The predicted molar refractivity (Wildman–Crippen MR) is 73.7 cm³/mol. The summed E-state index contributed by atoms with van der Waals surface area (Å²) >= 11 is 0. The molecule has 0 aliphatic carbocycles. The van der Waals surface area contributed by atoms with Crippen LogP contribution in [0.5, 0.6) is 11.5 Å². The van der Waals surface area contributed by atoms with Crippen LogP contribution in [0, 0.1) is 13.8 Å². The average molecular weight is 240 g/mol. The van der Waals surface area contributed by atoms with Gasteiger partial charge in [-0.25, -0.2) is 0 Å². The van der Waals surface area contributed by atoms with Crippen molar-refractivity contribution in [1.82, 2.24) is 4.98 Å². The lowest BCUT2D eigenvalue weighted by atomic mass is 10.1. The number of pyridine rings is 1. The highest BCUT2D eigenvalue weighted by molar-refractivity contribution is 5.80. The predicted octanol–water partition coefficient (Wildman–Crippen LogP) is 3.54. The molecule has 2 aromatic rings. The van der Waals surface area contributed by atoms with E-state index in [0.29, 0.717) is 0 Å². The molecule has 1 aromatic heterocycles. The molecule has 0 aliphatic heterocycles. The van der Waals surface area contributed by atoms with Crippen LogP contribution in [0.3, 0.4) is 0 Å². The molecule has 0 saturated carbocycles. The fraction of sp³-hybridized carbons (Fsp3) is 0.200. The summed E-state index contributed by atoms with van der Waals surface area (Å²) in [4.78, 5) is 8.14. The quantitative estimate of drug-likeness (QED) is 0.769. The first-order chi connectivity index (χ1) is 8.69. The number of ether oxygens (including phenoxy) is 1. The van der Waals surface area contributed by atoms with Gasteiger partial charge in [0.05, 0.1) is 0 Å². The minimum atomic E-state index is 0.808. The zero-order valence-corrected chi connectivity index (χ0v) is 10.8. The van der Waals surface area contributed by atoms with Crippen molar-refractivity contribution in [3.63, 3.8) is 0 Å². The summed E-state index contributed by atoms with van der Waals surface area (Å²) in [5.74, 6) is 1.66. The molecular formula is C15H16N2O. The fourth-order valence-corrected chi connectivity index (χ4v) is 1.73. The zero-order valence-electron chi connectivity index (χ0n) is 10.8. The zero-order chi connectivity index (χ0) is 13.0. The van der Waals surface area contributed by atoms with E-state index in [2.05, 4.69) is 16.0 Å². The number of rotatable bonds is 3. The number of aliphatic imine (C=N–C) groups is 1. The van der Waals surface area contributed by atoms with Crippen molar-refractivity contribution in [3.8, 4) is 11.5 Å². The largest absolute Gasteiger partial charge is 0.457 e. The van der Waals surface area contributed by atoms with Gasteiger partial charge in [0.1, 0.15) is 11.5 Å². The van der Waals surface area contributed by atoms with Gasteiger partial charge < -0.3 is 4.74 Å². The molecule has 0 bridgehead atoms. The molecule has 2 rings (SSSR count). The molecule has 0 spiro atoms. The van der Waals surface area contributed by atoms with Gasteiger partial charge in [0.2, 0.25) is 0 Å². The monoisotopic (exact) mass is 240 g/mol. The van der Waals surface area contributed by atoms with E-state index in [1.807, 2.05) is 44.3 Å². The van der Waals surface area contributed by atoms with Crippen molar-refractivity contribution >= 4 is 6.21 Å². The van der Waals surface area contributed by atoms with Gasteiger partial charge in [0.15, 0.2) is 0 Å². The number of nitrogens with zero attached hydrogens (tertiary/aromatic N) is 2. The Hall–Kier alpha value is -2.16. The summed E-state index contributed by atoms with van der Waals surface area (Å²) < 4.78 is 5.84. The van der Waals surface area contributed by atoms with Crippen molar-refractivity contribution in [2.45, 2.75) is 13.8 Å². The number of hydrogen-bond acceptors (Lipinski definition) is 3. The van der Waals surface area contributed by atoms with E-state index in [1.165, 1.54) is 0 Å². The fourth-order valence-electron chi connectivity index (χ4n) is 1.73. The minimum Gasteiger partial charge on any atom is -0.457 e. The number of aryl methyl sites for hydroxylation is 2. The standard InChI is InChI=1S/C15H16N2O/c1-11-8-13(10-16-3)4-5-15(11)18-14-6-7-17-12(2)9-14/h4-10H,1-3H3. The van der Waals surface area contributed by atoms with Gasteiger partial charge in [-0.3, -0.25) is 9.98 Å². The van der Waals surface area contributed by atoms with Crippen LogP contribution in [0.15, 0.2) is 41.5 Å². The Kier molecular flexibility index (Phi) is 3.72. The maximum atomic E-state index is 5.84. The third kappa shape index (κ3) is 2.94. The van der Waals surface area contributed by atoms with Crippen molar-refractivity contribution in [2.75, 3.05) is 7.05 Å². The summed E-state index contributed by atoms with van der Waals surface area (Å²) in [6.45, 7) is 3.97. The summed E-state index contributed by atoms with van der Waals surface area (Å²) in [5, 5.41) is 0. The van der Waals surface area contributed by atoms with E-state index in [-0.39, 0.29) is 0 Å². The van der Waals surface area contributed by atoms with Crippen LogP contribution in [0.2, 0.25) is 0 Å². The number of benzene rings is 1. The lowest BCUT2D eigenvalue weighted by molar-refractivity contribution is 0.477. The van der Waals surface area contributed by atoms with E-state index in [4.69, 9.17) is 4.74 Å². The maximum absolute atomic E-state index is 5.84. The molecule has 3 nitrogen and oxygen atoms in total. The van der Waals surface area contributed by atoms with E-state index >= 15 is 0 Å². The Labute approximate surface area is 107 Å². The number of aromatic nitrogens is 1. The molecule has 0 fully saturated rings. The molecule has 0 aliphatic rings. The Balaban J connectivity index is 2.24. The van der Waals surface area contributed by atoms with E-state index < -0.39 is 0 Å². The molecule has 0 amide bonds. The highest BCUT2D eigenvalue weighted by Gasteiger charge is 2.02. The van der Waals surface area contributed by atoms with Gasteiger partial charge in [-0.15, -0.1) is 0 Å². The molecule has 0 radical (unpaired) electrons. The van der Waals surface area contributed by atoms with E-state index in [0.717, 1.165) is 28.3 Å². The van der Waals surface area contributed by atoms with Crippen LogP contribution in [0.25, 0.3) is 0 Å². The van der Waals surface area contributed by atoms with Gasteiger partial charge in [0, 0.05) is 31.2 Å². The highest BCUT2D eigenvalue weighted by Crippen LogP contribution is 2.25. The Morgan fingerprint density at radius 3 is 2.67 bits per heavy atom. The molecule has 92 valence electrons. The molecule has 0 N–H and O–H groups in total. The third-order valence-corrected chi connectivity index (χ3v) is 2.57. The van der Waals surface area contributed by atoms with Crippen LogP contribution < -0.4 is 4.74 Å². The van der Waals surface area contributed by atoms with Crippen molar-refractivity contribution < 1.29 is 4.74 Å². The lowest BCUT2D eigenvalue weighted by Crippen LogP contribution is -1.91. The second kappa shape index (κ2) is 5.45. The third-order valence-electron chi connectivity index (χ3n) is 2.57. The SMILES string of the molecule is CN=Cc1ccc(Oc2ccnc(C)c2)c(C)c1. The van der Waals surface area contributed by atoms with Crippen LogP contribution in [0.1, 0.15) is 16.8 Å². The molecule has 3 heteroatoms. The van der Waals surface area contributed by atoms with Gasteiger partial charge in [-0.1, -0.05) is 0 Å². The molecule has 1 aromatic carbocycles. The summed E-state index contributed by atoms with van der Waals surface area (Å²) in [5.41, 5.74) is 3.11. The van der Waals surface area contributed by atoms with Crippen molar-refractivity contribution in [1.29, 1.82) is 0 Å². The second-order valence-corrected chi connectivity index (χ2v) is 4.15. The summed E-state index contributed by atoms with van der Waals surface area (Å²) in [6.07, 6.45) is 3.57. The lowest BCUT2D eigenvalue weighted by Gasteiger charge is -2.09. The van der Waals surface area contributed by atoms with Crippen LogP contribution >= 0.6 is 0 Å². The first kappa shape index (κ1) is 12.3. The molecule has 0 unspecified atom stereocenters. The van der Waals surface area contributed by atoms with Crippen LogP contribution in [-0.2, 0) is 0 Å².